The number of hydrogen-bond acceptors (Lipinski definition) is 3. The minimum Gasteiger partial charge on any atom is -0.459 e. The molecule has 1 heterocycles. The predicted molar refractivity (Wildman–Crippen MR) is 69.3 cm³/mol. The fraction of sp³-hybridized carbons (Fsp3) is 0.417. The number of carbonyl (C=O) groups excluding carboxylic acids is 1. The number of rotatable bonds is 4. The van der Waals surface area contributed by atoms with Crippen molar-refractivity contribution in [1.29, 1.82) is 0 Å². The smallest absolute Gasteiger partial charge is 0.331 e. The Hall–Kier alpha value is -0.610. The first-order chi connectivity index (χ1) is 7.65. The first kappa shape index (κ1) is 11.9. The molecule has 0 aliphatic heterocycles. The van der Waals surface area contributed by atoms with Crippen LogP contribution in [0.15, 0.2) is 21.3 Å². The molecule has 0 bridgehead atoms. The Morgan fingerprint density at radius 3 is 3.00 bits per heavy atom. The van der Waals surface area contributed by atoms with E-state index in [9.17, 15) is 4.79 Å². The van der Waals surface area contributed by atoms with Gasteiger partial charge in [-0.25, -0.2) is 4.79 Å². The van der Waals surface area contributed by atoms with Crippen LogP contribution < -0.4 is 0 Å². The molecule has 1 aliphatic carbocycles. The minimum absolute atomic E-state index is 0.0614. The van der Waals surface area contributed by atoms with Crippen molar-refractivity contribution >= 4 is 39.3 Å². The second kappa shape index (κ2) is 5.15. The molecule has 0 aromatic carbocycles. The fourth-order valence-corrected chi connectivity index (χ4v) is 2.60. The molecule has 1 atom stereocenters. The Labute approximate surface area is 107 Å². The van der Waals surface area contributed by atoms with Gasteiger partial charge in [0.1, 0.15) is 6.10 Å². The van der Waals surface area contributed by atoms with E-state index in [1.807, 2.05) is 18.4 Å². The van der Waals surface area contributed by atoms with Crippen molar-refractivity contribution in [2.75, 3.05) is 0 Å². The molecule has 1 aliphatic rings. The Balaban J connectivity index is 1.84. The Bertz CT molecular complexity index is 407. The summed E-state index contributed by atoms with van der Waals surface area (Å²) in [5.41, 5.74) is 1.02. The lowest BCUT2D eigenvalue weighted by Gasteiger charge is -2.09. The molecule has 1 aromatic rings. The Morgan fingerprint density at radius 2 is 2.44 bits per heavy atom. The van der Waals surface area contributed by atoms with Crippen LogP contribution in [0.3, 0.4) is 0 Å². The van der Waals surface area contributed by atoms with Gasteiger partial charge in [-0.3, -0.25) is 0 Å². The maximum atomic E-state index is 11.4. The van der Waals surface area contributed by atoms with Crippen molar-refractivity contribution in [1.82, 2.24) is 0 Å². The minimum atomic E-state index is -0.248. The van der Waals surface area contributed by atoms with Gasteiger partial charge in [0, 0.05) is 6.08 Å². The Kier molecular flexibility index (Phi) is 3.82. The third-order valence-corrected chi connectivity index (χ3v) is 4.11. The third-order valence-electron chi connectivity index (χ3n) is 2.59. The first-order valence-electron chi connectivity index (χ1n) is 5.28. The largest absolute Gasteiger partial charge is 0.459 e. The summed E-state index contributed by atoms with van der Waals surface area (Å²) in [4.78, 5) is 11.4. The van der Waals surface area contributed by atoms with E-state index in [0.717, 1.165) is 9.35 Å². The van der Waals surface area contributed by atoms with Gasteiger partial charge < -0.3 is 4.74 Å². The van der Waals surface area contributed by atoms with Crippen LogP contribution in [0.4, 0.5) is 0 Å². The van der Waals surface area contributed by atoms with E-state index in [1.165, 1.54) is 18.9 Å². The highest BCUT2D eigenvalue weighted by Crippen LogP contribution is 2.34. The molecular weight excluding hydrogens is 288 g/mol. The highest BCUT2D eigenvalue weighted by Gasteiger charge is 2.30. The second-order valence-corrected chi connectivity index (χ2v) is 6.29. The average molecular weight is 301 g/mol. The number of esters is 1. The molecule has 0 N–H and O–H groups in total. The van der Waals surface area contributed by atoms with Gasteiger partial charge in [0.05, 0.1) is 3.79 Å². The Morgan fingerprint density at radius 1 is 1.69 bits per heavy atom. The predicted octanol–water partition coefficient (Wildman–Crippen LogP) is 3.87. The standard InChI is InChI=1S/C12H13BrO2S/c1-8(10-3-4-10)15-12(14)5-2-9-6-11(13)16-7-9/h2,5-8,10H,3-4H2,1H3/b5-2+. The molecule has 1 saturated carbocycles. The van der Waals surface area contributed by atoms with E-state index >= 15 is 0 Å². The lowest BCUT2D eigenvalue weighted by atomic mass is 10.2. The molecular formula is C12H13BrO2S. The van der Waals surface area contributed by atoms with E-state index in [2.05, 4.69) is 15.9 Å². The van der Waals surface area contributed by atoms with Crippen LogP contribution in [0.5, 0.6) is 0 Å². The number of halogens is 1. The van der Waals surface area contributed by atoms with Crippen LogP contribution in [0.1, 0.15) is 25.3 Å². The van der Waals surface area contributed by atoms with Crippen LogP contribution in [-0.2, 0) is 9.53 Å². The summed E-state index contributed by atoms with van der Waals surface area (Å²) >= 11 is 4.97. The quantitative estimate of drug-likeness (QED) is 0.623. The number of hydrogen-bond donors (Lipinski definition) is 0. The van der Waals surface area contributed by atoms with E-state index in [-0.39, 0.29) is 12.1 Å². The summed E-state index contributed by atoms with van der Waals surface area (Å²) in [6.45, 7) is 1.96. The molecule has 0 saturated heterocycles. The van der Waals surface area contributed by atoms with Crippen LogP contribution in [-0.4, -0.2) is 12.1 Å². The zero-order chi connectivity index (χ0) is 11.5. The van der Waals surface area contributed by atoms with Gasteiger partial charge in [-0.05, 0) is 64.7 Å². The molecule has 2 nitrogen and oxygen atoms in total. The van der Waals surface area contributed by atoms with Crippen molar-refractivity contribution in [3.05, 3.63) is 26.9 Å². The van der Waals surface area contributed by atoms with Crippen LogP contribution in [0, 0.1) is 5.92 Å². The first-order valence-corrected chi connectivity index (χ1v) is 6.95. The van der Waals surface area contributed by atoms with Crippen LogP contribution in [0.2, 0.25) is 0 Å². The van der Waals surface area contributed by atoms with Gasteiger partial charge in [-0.2, -0.15) is 0 Å². The van der Waals surface area contributed by atoms with E-state index < -0.39 is 0 Å². The van der Waals surface area contributed by atoms with E-state index in [1.54, 1.807) is 17.4 Å². The molecule has 0 spiro atoms. The molecule has 16 heavy (non-hydrogen) atoms. The van der Waals surface area contributed by atoms with Gasteiger partial charge in [-0.15, -0.1) is 11.3 Å². The van der Waals surface area contributed by atoms with Gasteiger partial charge in [-0.1, -0.05) is 0 Å². The lowest BCUT2D eigenvalue weighted by Crippen LogP contribution is -2.14. The van der Waals surface area contributed by atoms with Crippen molar-refractivity contribution in [3.63, 3.8) is 0 Å². The molecule has 1 fully saturated rings. The molecule has 86 valence electrons. The van der Waals surface area contributed by atoms with Gasteiger partial charge in [0.2, 0.25) is 0 Å². The highest BCUT2D eigenvalue weighted by molar-refractivity contribution is 9.11. The average Bonchev–Trinajstić information content (AvgIpc) is 3.00. The molecule has 1 unspecified atom stereocenters. The summed E-state index contributed by atoms with van der Waals surface area (Å²) in [5, 5.41) is 1.98. The highest BCUT2D eigenvalue weighted by atomic mass is 79.9. The molecule has 2 rings (SSSR count). The van der Waals surface area contributed by atoms with E-state index in [0.29, 0.717) is 5.92 Å². The normalized spacial score (nSPS) is 17.6. The monoisotopic (exact) mass is 300 g/mol. The summed E-state index contributed by atoms with van der Waals surface area (Å²) in [6, 6.07) is 1.97. The maximum absolute atomic E-state index is 11.4. The van der Waals surface area contributed by atoms with Crippen LogP contribution >= 0.6 is 27.3 Å². The van der Waals surface area contributed by atoms with Crippen molar-refractivity contribution < 1.29 is 9.53 Å². The number of thiophene rings is 1. The molecule has 0 radical (unpaired) electrons. The van der Waals surface area contributed by atoms with Crippen LogP contribution in [0.25, 0.3) is 6.08 Å². The van der Waals surface area contributed by atoms with Crippen molar-refractivity contribution in [2.24, 2.45) is 5.92 Å². The summed E-state index contributed by atoms with van der Waals surface area (Å²) in [7, 11) is 0. The zero-order valence-electron chi connectivity index (χ0n) is 8.98. The summed E-state index contributed by atoms with van der Waals surface area (Å²) in [5.74, 6) is 0.342. The second-order valence-electron chi connectivity index (χ2n) is 4.00. The third kappa shape index (κ3) is 3.46. The molecule has 1 aromatic heterocycles. The van der Waals surface area contributed by atoms with E-state index in [4.69, 9.17) is 4.74 Å². The van der Waals surface area contributed by atoms with Gasteiger partial charge in [0.25, 0.3) is 0 Å². The number of ether oxygens (including phenoxy) is 1. The zero-order valence-corrected chi connectivity index (χ0v) is 11.4. The SMILES string of the molecule is CC(OC(=O)/C=C/c1csc(Br)c1)C1CC1. The maximum Gasteiger partial charge on any atom is 0.331 e. The number of carbonyl (C=O) groups is 1. The summed E-state index contributed by atoms with van der Waals surface area (Å²) < 4.78 is 6.33. The van der Waals surface area contributed by atoms with Crippen molar-refractivity contribution in [2.45, 2.75) is 25.9 Å². The topological polar surface area (TPSA) is 26.3 Å². The molecule has 0 amide bonds. The van der Waals surface area contributed by atoms with Crippen molar-refractivity contribution in [3.8, 4) is 0 Å². The summed E-state index contributed by atoms with van der Waals surface area (Å²) in [6.07, 6.45) is 5.72. The lowest BCUT2D eigenvalue weighted by molar-refractivity contribution is -0.142. The fourth-order valence-electron chi connectivity index (χ4n) is 1.46. The van der Waals surface area contributed by atoms with Gasteiger partial charge in [0.15, 0.2) is 0 Å². The van der Waals surface area contributed by atoms with Gasteiger partial charge >= 0.3 is 5.97 Å². The molecule has 4 heteroatoms.